The van der Waals surface area contributed by atoms with E-state index in [1.807, 2.05) is 11.0 Å². The number of hydrogen-bond acceptors (Lipinski definition) is 4. The van der Waals surface area contributed by atoms with Crippen LogP contribution in [0.2, 0.25) is 10.0 Å². The van der Waals surface area contributed by atoms with Gasteiger partial charge in [0.25, 0.3) is 0 Å². The first-order chi connectivity index (χ1) is 14.7. The number of rotatable bonds is 4. The Morgan fingerprint density at radius 3 is 2.29 bits per heavy atom. The predicted octanol–water partition coefficient (Wildman–Crippen LogP) is 5.86. The largest absolute Gasteiger partial charge is 0.474 e. The summed E-state index contributed by atoms with van der Waals surface area (Å²) in [6.45, 7) is 1.27. The van der Waals surface area contributed by atoms with Crippen LogP contribution in [-0.4, -0.2) is 34.0 Å². The standard InChI is InChI=1S/C21H19Cl2F3N4O/c1-29-20(11-18(28-29)13-8-15(22)10-16(23)9-13)31-17-4-6-30(7-5-17)19-3-2-14(12-27-19)21(24,25)26/h2-3,8-12,17H,4-7H2,1H3. The first-order valence-corrected chi connectivity index (χ1v) is 10.4. The Hall–Kier alpha value is -2.45. The number of ether oxygens (including phenoxy) is 1. The summed E-state index contributed by atoms with van der Waals surface area (Å²) in [4.78, 5) is 5.93. The molecular weight excluding hydrogens is 452 g/mol. The Morgan fingerprint density at radius 2 is 1.71 bits per heavy atom. The second kappa shape index (κ2) is 8.59. The van der Waals surface area contributed by atoms with Crippen molar-refractivity contribution in [1.82, 2.24) is 14.8 Å². The molecule has 4 rings (SSSR count). The van der Waals surface area contributed by atoms with Crippen molar-refractivity contribution in [3.8, 4) is 17.1 Å². The van der Waals surface area contributed by atoms with Crippen LogP contribution in [-0.2, 0) is 13.2 Å². The van der Waals surface area contributed by atoms with Crippen LogP contribution in [0.15, 0.2) is 42.6 Å². The Kier molecular flexibility index (Phi) is 6.03. The number of aromatic nitrogens is 3. The second-order valence-electron chi connectivity index (χ2n) is 7.36. The van der Waals surface area contributed by atoms with Crippen LogP contribution in [0.4, 0.5) is 19.0 Å². The molecule has 0 saturated carbocycles. The third kappa shape index (κ3) is 5.07. The van der Waals surface area contributed by atoms with E-state index < -0.39 is 11.7 Å². The van der Waals surface area contributed by atoms with Crippen molar-refractivity contribution in [3.05, 3.63) is 58.2 Å². The maximum atomic E-state index is 12.7. The summed E-state index contributed by atoms with van der Waals surface area (Å²) in [5, 5.41) is 5.54. The molecule has 2 aromatic heterocycles. The average molecular weight is 471 g/mol. The molecule has 0 atom stereocenters. The monoisotopic (exact) mass is 470 g/mol. The molecule has 0 amide bonds. The van der Waals surface area contributed by atoms with Crippen LogP contribution in [0, 0.1) is 0 Å². The molecule has 1 fully saturated rings. The number of aryl methyl sites for hydroxylation is 1. The fourth-order valence-electron chi connectivity index (χ4n) is 3.52. The molecule has 0 unspecified atom stereocenters. The summed E-state index contributed by atoms with van der Waals surface area (Å²) in [6, 6.07) is 9.54. The van der Waals surface area contributed by atoms with Crippen molar-refractivity contribution < 1.29 is 17.9 Å². The van der Waals surface area contributed by atoms with Gasteiger partial charge < -0.3 is 9.64 Å². The van der Waals surface area contributed by atoms with Crippen molar-refractivity contribution in [2.75, 3.05) is 18.0 Å². The zero-order valence-electron chi connectivity index (χ0n) is 16.5. The molecule has 1 aromatic carbocycles. The topological polar surface area (TPSA) is 43.2 Å². The Balaban J connectivity index is 1.38. The zero-order valence-corrected chi connectivity index (χ0v) is 18.0. The fraction of sp³-hybridized carbons (Fsp3) is 0.333. The minimum Gasteiger partial charge on any atom is -0.474 e. The molecule has 0 radical (unpaired) electrons. The van der Waals surface area contributed by atoms with E-state index in [0.717, 1.165) is 17.8 Å². The molecule has 0 N–H and O–H groups in total. The molecule has 164 valence electrons. The van der Waals surface area contributed by atoms with Gasteiger partial charge in [-0.3, -0.25) is 0 Å². The van der Waals surface area contributed by atoms with Crippen LogP contribution in [0.5, 0.6) is 5.88 Å². The van der Waals surface area contributed by atoms with E-state index in [4.69, 9.17) is 27.9 Å². The van der Waals surface area contributed by atoms with E-state index in [1.54, 1.807) is 29.9 Å². The number of benzene rings is 1. The van der Waals surface area contributed by atoms with Gasteiger partial charge in [-0.25, -0.2) is 9.67 Å². The third-order valence-electron chi connectivity index (χ3n) is 5.12. The van der Waals surface area contributed by atoms with Gasteiger partial charge in [0.2, 0.25) is 5.88 Å². The highest BCUT2D eigenvalue weighted by atomic mass is 35.5. The van der Waals surface area contributed by atoms with E-state index in [-0.39, 0.29) is 6.10 Å². The van der Waals surface area contributed by atoms with Gasteiger partial charge in [-0.2, -0.15) is 18.3 Å². The summed E-state index contributed by atoms with van der Waals surface area (Å²) < 4.78 is 45.9. The molecule has 0 aliphatic carbocycles. The van der Waals surface area contributed by atoms with Crippen LogP contribution in [0.25, 0.3) is 11.3 Å². The van der Waals surface area contributed by atoms with Gasteiger partial charge in [-0.15, -0.1) is 0 Å². The highest BCUT2D eigenvalue weighted by Gasteiger charge is 2.31. The number of nitrogens with zero attached hydrogens (tertiary/aromatic N) is 4. The summed E-state index contributed by atoms with van der Waals surface area (Å²) in [5.74, 6) is 1.16. The molecular formula is C21H19Cl2F3N4O. The molecule has 5 nitrogen and oxygen atoms in total. The minimum atomic E-state index is -4.38. The van der Waals surface area contributed by atoms with Crippen molar-refractivity contribution in [2.24, 2.45) is 7.05 Å². The molecule has 0 spiro atoms. The molecule has 0 bridgehead atoms. The minimum absolute atomic E-state index is 0.0307. The van der Waals surface area contributed by atoms with E-state index in [1.165, 1.54) is 6.07 Å². The Morgan fingerprint density at radius 1 is 1.03 bits per heavy atom. The highest BCUT2D eigenvalue weighted by molar-refractivity contribution is 6.35. The first kappa shape index (κ1) is 21.8. The van der Waals surface area contributed by atoms with Crippen LogP contribution < -0.4 is 9.64 Å². The normalized spacial score (nSPS) is 15.4. The lowest BCUT2D eigenvalue weighted by Crippen LogP contribution is -2.39. The van der Waals surface area contributed by atoms with Crippen molar-refractivity contribution >= 4 is 29.0 Å². The van der Waals surface area contributed by atoms with E-state index in [0.29, 0.717) is 53.4 Å². The third-order valence-corrected chi connectivity index (χ3v) is 5.56. The van der Waals surface area contributed by atoms with Crippen LogP contribution in [0.1, 0.15) is 18.4 Å². The van der Waals surface area contributed by atoms with Gasteiger partial charge in [-0.05, 0) is 30.3 Å². The predicted molar refractivity (Wildman–Crippen MR) is 114 cm³/mol. The molecule has 1 aliphatic rings. The lowest BCUT2D eigenvalue weighted by Gasteiger charge is -2.32. The lowest BCUT2D eigenvalue weighted by molar-refractivity contribution is -0.137. The summed E-state index contributed by atoms with van der Waals surface area (Å²) >= 11 is 12.2. The number of piperidine rings is 1. The van der Waals surface area contributed by atoms with Crippen molar-refractivity contribution in [3.63, 3.8) is 0 Å². The molecule has 1 saturated heterocycles. The zero-order chi connectivity index (χ0) is 22.2. The number of anilines is 1. The summed E-state index contributed by atoms with van der Waals surface area (Å²) in [6.07, 6.45) is -2.11. The summed E-state index contributed by atoms with van der Waals surface area (Å²) in [7, 11) is 1.80. The lowest BCUT2D eigenvalue weighted by atomic mass is 10.1. The quantitative estimate of drug-likeness (QED) is 0.479. The molecule has 3 heterocycles. The van der Waals surface area contributed by atoms with Crippen LogP contribution in [0.3, 0.4) is 0 Å². The number of alkyl halides is 3. The molecule has 3 aromatic rings. The van der Waals surface area contributed by atoms with Gasteiger partial charge in [-0.1, -0.05) is 23.2 Å². The Bertz CT molecular complexity index is 1040. The summed E-state index contributed by atoms with van der Waals surface area (Å²) in [5.41, 5.74) is 0.752. The van der Waals surface area contributed by atoms with E-state index >= 15 is 0 Å². The van der Waals surface area contributed by atoms with Gasteiger partial charge >= 0.3 is 6.18 Å². The maximum absolute atomic E-state index is 12.7. The Labute approximate surface area is 187 Å². The van der Waals surface area contributed by atoms with Crippen molar-refractivity contribution in [2.45, 2.75) is 25.1 Å². The molecule has 31 heavy (non-hydrogen) atoms. The smallest absolute Gasteiger partial charge is 0.417 e. The van der Waals surface area contributed by atoms with Gasteiger partial charge in [0, 0.05) is 60.9 Å². The van der Waals surface area contributed by atoms with Gasteiger partial charge in [0.1, 0.15) is 11.9 Å². The van der Waals surface area contributed by atoms with Crippen LogP contribution >= 0.6 is 23.2 Å². The van der Waals surface area contributed by atoms with Gasteiger partial charge in [0.05, 0.1) is 11.3 Å². The SMILES string of the molecule is Cn1nc(-c2cc(Cl)cc(Cl)c2)cc1OC1CCN(c2ccc(C(F)(F)F)cn2)CC1. The number of hydrogen-bond donors (Lipinski definition) is 0. The number of halogens is 5. The van der Waals surface area contributed by atoms with Crippen molar-refractivity contribution in [1.29, 1.82) is 0 Å². The second-order valence-corrected chi connectivity index (χ2v) is 8.23. The van der Waals surface area contributed by atoms with Gasteiger partial charge in [0.15, 0.2) is 0 Å². The van der Waals surface area contributed by atoms with E-state index in [9.17, 15) is 13.2 Å². The van der Waals surface area contributed by atoms with E-state index in [2.05, 4.69) is 10.1 Å². The average Bonchev–Trinajstić information content (AvgIpc) is 3.08. The highest BCUT2D eigenvalue weighted by Crippen LogP contribution is 2.31. The fourth-order valence-corrected chi connectivity index (χ4v) is 4.04. The molecule has 1 aliphatic heterocycles. The number of pyridine rings is 1. The molecule has 10 heteroatoms. The maximum Gasteiger partial charge on any atom is 0.417 e. The first-order valence-electron chi connectivity index (χ1n) is 9.64.